The molecule has 3 amide bonds. The Balaban J connectivity index is 1.56. The summed E-state index contributed by atoms with van der Waals surface area (Å²) in [6.07, 6.45) is 6.06. The number of amides is 3. The Hall–Kier alpha value is -3.59. The molecule has 1 aliphatic carbocycles. The summed E-state index contributed by atoms with van der Waals surface area (Å²) in [5.74, 6) is -1.79. The number of halogens is 2. The van der Waals surface area contributed by atoms with E-state index < -0.39 is 23.6 Å². The summed E-state index contributed by atoms with van der Waals surface area (Å²) in [5, 5.41) is 24.6. The van der Waals surface area contributed by atoms with Gasteiger partial charge in [-0.1, -0.05) is 66.7 Å². The third-order valence-electron chi connectivity index (χ3n) is 6.97. The number of hydrogen-bond donors (Lipinski definition) is 4. The van der Waals surface area contributed by atoms with Crippen molar-refractivity contribution in [2.45, 2.75) is 57.2 Å². The smallest absolute Gasteiger partial charge is 0.356 e. The minimum Gasteiger partial charge on any atom is -0.478 e. The summed E-state index contributed by atoms with van der Waals surface area (Å²) < 4.78 is 0. The standard InChI is InChI=1S/C30H31Cl2N3O5/c1-30(40,28(37)38)34-27(36)22-9-7-19(8-10-22)18-35(29(39)33-25-16-23(31)15-24(32)17-25)26-13-11-21(12-14-26)20-5-3-2-4-6-20/h7-17,20,40H,2-6,18H2,1H3,(H,33,39)(H,34,36)(H,37,38)/t30-/m1/s1. The average Bonchev–Trinajstić information content (AvgIpc) is 2.91. The largest absolute Gasteiger partial charge is 0.478 e. The van der Waals surface area contributed by atoms with Crippen LogP contribution in [0.15, 0.2) is 66.7 Å². The Bertz CT molecular complexity index is 1350. The third kappa shape index (κ3) is 7.53. The number of nitrogens with one attached hydrogen (secondary N) is 2. The molecular formula is C30H31Cl2N3O5. The topological polar surface area (TPSA) is 119 Å². The molecule has 0 saturated heterocycles. The Morgan fingerprint density at radius 3 is 2.10 bits per heavy atom. The molecule has 0 unspecified atom stereocenters. The van der Waals surface area contributed by atoms with Gasteiger partial charge in [-0.25, -0.2) is 9.59 Å². The molecule has 0 aromatic heterocycles. The monoisotopic (exact) mass is 583 g/mol. The quantitative estimate of drug-likeness (QED) is 0.217. The van der Waals surface area contributed by atoms with Gasteiger partial charge in [0.1, 0.15) is 0 Å². The van der Waals surface area contributed by atoms with Gasteiger partial charge < -0.3 is 20.8 Å². The molecule has 0 aliphatic heterocycles. The summed E-state index contributed by atoms with van der Waals surface area (Å²) in [5.41, 5.74) is 0.868. The van der Waals surface area contributed by atoms with Crippen LogP contribution in [-0.4, -0.2) is 33.8 Å². The summed E-state index contributed by atoms with van der Waals surface area (Å²) in [6, 6.07) is 18.7. The Kier molecular flexibility index (Phi) is 9.35. The number of carbonyl (C=O) groups is 3. The van der Waals surface area contributed by atoms with E-state index in [2.05, 4.69) is 22.8 Å². The highest BCUT2D eigenvalue weighted by atomic mass is 35.5. The van der Waals surface area contributed by atoms with Crippen LogP contribution in [0.2, 0.25) is 10.0 Å². The Morgan fingerprint density at radius 1 is 0.925 bits per heavy atom. The van der Waals surface area contributed by atoms with Crippen LogP contribution in [-0.2, 0) is 11.3 Å². The van der Waals surface area contributed by atoms with Crippen LogP contribution in [0.1, 0.15) is 66.4 Å². The van der Waals surface area contributed by atoms with Gasteiger partial charge in [0.25, 0.3) is 5.91 Å². The van der Waals surface area contributed by atoms with E-state index in [1.807, 2.05) is 12.1 Å². The van der Waals surface area contributed by atoms with Gasteiger partial charge in [-0.15, -0.1) is 0 Å². The lowest BCUT2D eigenvalue weighted by Gasteiger charge is -2.26. The van der Waals surface area contributed by atoms with Crippen molar-refractivity contribution < 1.29 is 24.6 Å². The number of nitrogens with zero attached hydrogens (tertiary/aromatic N) is 1. The second-order valence-corrected chi connectivity index (χ2v) is 11.0. The van der Waals surface area contributed by atoms with Crippen LogP contribution < -0.4 is 15.5 Å². The highest BCUT2D eigenvalue weighted by Crippen LogP contribution is 2.34. The average molecular weight is 585 g/mol. The van der Waals surface area contributed by atoms with Crippen molar-refractivity contribution in [3.63, 3.8) is 0 Å². The second-order valence-electron chi connectivity index (χ2n) is 10.1. The molecule has 10 heteroatoms. The van der Waals surface area contributed by atoms with Crippen LogP contribution in [0.3, 0.4) is 0 Å². The van der Waals surface area contributed by atoms with Crippen LogP contribution >= 0.6 is 23.2 Å². The molecule has 1 aliphatic rings. The van der Waals surface area contributed by atoms with E-state index in [9.17, 15) is 19.5 Å². The number of anilines is 2. The molecular weight excluding hydrogens is 553 g/mol. The molecule has 210 valence electrons. The highest BCUT2D eigenvalue weighted by Gasteiger charge is 2.32. The van der Waals surface area contributed by atoms with Crippen molar-refractivity contribution in [2.24, 2.45) is 0 Å². The van der Waals surface area contributed by atoms with E-state index in [0.29, 0.717) is 27.3 Å². The number of urea groups is 1. The first kappa shape index (κ1) is 29.4. The molecule has 1 atom stereocenters. The molecule has 4 rings (SSSR count). The van der Waals surface area contributed by atoms with Crippen LogP contribution in [0, 0.1) is 0 Å². The van der Waals surface area contributed by atoms with Crippen molar-refractivity contribution in [1.82, 2.24) is 5.32 Å². The van der Waals surface area contributed by atoms with E-state index in [1.54, 1.807) is 35.2 Å². The number of aliphatic carboxylic acids is 1. The lowest BCUT2D eigenvalue weighted by atomic mass is 9.84. The first-order chi connectivity index (χ1) is 19.0. The maximum Gasteiger partial charge on any atom is 0.356 e. The fraction of sp³-hybridized carbons (Fsp3) is 0.300. The van der Waals surface area contributed by atoms with Crippen molar-refractivity contribution in [1.29, 1.82) is 0 Å². The zero-order valence-corrected chi connectivity index (χ0v) is 23.5. The fourth-order valence-corrected chi connectivity index (χ4v) is 5.28. The van der Waals surface area contributed by atoms with Gasteiger partial charge in [-0.2, -0.15) is 0 Å². The molecule has 40 heavy (non-hydrogen) atoms. The zero-order chi connectivity index (χ0) is 28.9. The molecule has 3 aromatic rings. The molecule has 8 nitrogen and oxygen atoms in total. The van der Waals surface area contributed by atoms with Crippen molar-refractivity contribution in [3.05, 3.63) is 93.5 Å². The maximum absolute atomic E-state index is 13.5. The third-order valence-corrected chi connectivity index (χ3v) is 7.41. The van der Waals surface area contributed by atoms with E-state index in [0.717, 1.165) is 12.5 Å². The van der Waals surface area contributed by atoms with Gasteiger partial charge in [0.05, 0.1) is 6.54 Å². The lowest BCUT2D eigenvalue weighted by Crippen LogP contribution is -2.52. The highest BCUT2D eigenvalue weighted by molar-refractivity contribution is 6.35. The first-order valence-electron chi connectivity index (χ1n) is 13.0. The summed E-state index contributed by atoms with van der Waals surface area (Å²) in [4.78, 5) is 38.6. The molecule has 0 spiro atoms. The molecule has 1 saturated carbocycles. The Labute approximate surface area is 242 Å². The molecule has 1 fully saturated rings. The van der Waals surface area contributed by atoms with Crippen molar-refractivity contribution in [3.8, 4) is 0 Å². The molecule has 0 bridgehead atoms. The van der Waals surface area contributed by atoms with Gasteiger partial charge in [-0.3, -0.25) is 9.69 Å². The normalized spacial score (nSPS) is 15.1. The number of carboxylic acid groups (broad SMARTS) is 1. The SMILES string of the molecule is C[C@](O)(NC(=O)c1ccc(CN(C(=O)Nc2cc(Cl)cc(Cl)c2)c2ccc(C3CCCCC3)cc2)cc1)C(=O)O. The number of aliphatic hydroxyl groups is 1. The van der Waals surface area contributed by atoms with E-state index in [-0.39, 0.29) is 12.1 Å². The molecule has 4 N–H and O–H groups in total. The fourth-order valence-electron chi connectivity index (χ4n) is 4.75. The number of carboxylic acids is 1. The van der Waals surface area contributed by atoms with Crippen LogP contribution in [0.25, 0.3) is 0 Å². The molecule has 0 radical (unpaired) electrons. The van der Waals surface area contributed by atoms with E-state index >= 15 is 0 Å². The summed E-state index contributed by atoms with van der Waals surface area (Å²) >= 11 is 12.2. The lowest BCUT2D eigenvalue weighted by molar-refractivity contribution is -0.158. The number of rotatable bonds is 8. The Morgan fingerprint density at radius 2 is 1.52 bits per heavy atom. The van der Waals surface area contributed by atoms with Gasteiger partial charge in [-0.05, 0) is 79.3 Å². The number of hydrogen-bond acceptors (Lipinski definition) is 4. The zero-order valence-electron chi connectivity index (χ0n) is 22.0. The predicted octanol–water partition coefficient (Wildman–Crippen LogP) is 6.80. The molecule has 0 heterocycles. The molecule has 3 aromatic carbocycles. The van der Waals surface area contributed by atoms with Crippen LogP contribution in [0.5, 0.6) is 0 Å². The van der Waals surface area contributed by atoms with Crippen molar-refractivity contribution >= 4 is 52.5 Å². The van der Waals surface area contributed by atoms with Crippen molar-refractivity contribution in [2.75, 3.05) is 10.2 Å². The van der Waals surface area contributed by atoms with E-state index in [4.69, 9.17) is 28.3 Å². The maximum atomic E-state index is 13.5. The van der Waals surface area contributed by atoms with Gasteiger partial charge in [0, 0.05) is 27.0 Å². The minimum absolute atomic E-state index is 0.159. The van der Waals surface area contributed by atoms with Gasteiger partial charge in [0.2, 0.25) is 5.72 Å². The summed E-state index contributed by atoms with van der Waals surface area (Å²) in [7, 11) is 0. The number of carbonyl (C=O) groups excluding carboxylic acids is 2. The number of benzene rings is 3. The van der Waals surface area contributed by atoms with Gasteiger partial charge >= 0.3 is 12.0 Å². The minimum atomic E-state index is -2.41. The summed E-state index contributed by atoms with van der Waals surface area (Å²) in [6.45, 7) is 1.16. The first-order valence-corrected chi connectivity index (χ1v) is 13.8. The second kappa shape index (κ2) is 12.7. The van der Waals surface area contributed by atoms with Gasteiger partial charge in [0.15, 0.2) is 0 Å². The van der Waals surface area contributed by atoms with E-state index in [1.165, 1.54) is 49.8 Å². The predicted molar refractivity (Wildman–Crippen MR) is 156 cm³/mol. The van der Waals surface area contributed by atoms with Crippen LogP contribution in [0.4, 0.5) is 16.2 Å².